The first kappa shape index (κ1) is 16.0. The SMILES string of the molecule is CO[C@@H]1CN(Cc2cn[nH]c2-c2ccccc2)C[C@H]1c1cn(C)nn1. The number of aromatic amines is 1. The van der Waals surface area contributed by atoms with Gasteiger partial charge in [0.05, 0.1) is 23.7 Å². The average Bonchev–Trinajstić information content (AvgIpc) is 3.35. The number of aromatic nitrogens is 5. The van der Waals surface area contributed by atoms with E-state index in [0.717, 1.165) is 36.6 Å². The number of H-pyrrole nitrogens is 1. The van der Waals surface area contributed by atoms with E-state index in [-0.39, 0.29) is 12.0 Å². The zero-order valence-electron chi connectivity index (χ0n) is 14.5. The van der Waals surface area contributed by atoms with Crippen molar-refractivity contribution in [2.24, 2.45) is 7.05 Å². The maximum absolute atomic E-state index is 5.71. The second-order valence-corrected chi connectivity index (χ2v) is 6.53. The Bertz CT molecular complexity index is 827. The highest BCUT2D eigenvalue weighted by atomic mass is 16.5. The van der Waals surface area contributed by atoms with Crippen LogP contribution in [-0.4, -0.2) is 56.4 Å². The van der Waals surface area contributed by atoms with Gasteiger partial charge in [0, 0.05) is 51.5 Å². The van der Waals surface area contributed by atoms with Gasteiger partial charge in [-0.25, -0.2) is 0 Å². The molecule has 3 aromatic rings. The Balaban J connectivity index is 1.52. The fraction of sp³-hybridized carbons (Fsp3) is 0.389. The number of likely N-dealkylation sites (tertiary alicyclic amines) is 1. The molecule has 25 heavy (non-hydrogen) atoms. The predicted molar refractivity (Wildman–Crippen MR) is 93.8 cm³/mol. The van der Waals surface area contributed by atoms with Crippen LogP contribution in [0.15, 0.2) is 42.7 Å². The molecule has 0 bridgehead atoms. The number of methoxy groups -OCH3 is 1. The van der Waals surface area contributed by atoms with Crippen molar-refractivity contribution in [1.82, 2.24) is 30.1 Å². The summed E-state index contributed by atoms with van der Waals surface area (Å²) >= 11 is 0. The van der Waals surface area contributed by atoms with Gasteiger partial charge in [0.15, 0.2) is 0 Å². The van der Waals surface area contributed by atoms with E-state index in [4.69, 9.17) is 4.74 Å². The highest BCUT2D eigenvalue weighted by Crippen LogP contribution is 2.30. The molecule has 2 aromatic heterocycles. The van der Waals surface area contributed by atoms with Crippen molar-refractivity contribution >= 4 is 0 Å². The molecule has 1 N–H and O–H groups in total. The summed E-state index contributed by atoms with van der Waals surface area (Å²) in [5, 5.41) is 15.7. The fourth-order valence-corrected chi connectivity index (χ4v) is 3.57. The molecule has 0 amide bonds. The Kier molecular flexibility index (Phi) is 4.33. The third-order valence-electron chi connectivity index (χ3n) is 4.82. The van der Waals surface area contributed by atoms with E-state index in [1.54, 1.807) is 11.8 Å². The standard InChI is InChI=1S/C18H22N6O/c1-23-11-16(20-22-23)15-10-24(12-17(15)25-2)9-14-8-19-21-18(14)13-6-4-3-5-7-13/h3-8,11,15,17H,9-10,12H2,1-2H3,(H,19,21)/t15-,17+/m0/s1. The number of aryl methyl sites for hydroxylation is 1. The van der Waals surface area contributed by atoms with E-state index >= 15 is 0 Å². The zero-order valence-corrected chi connectivity index (χ0v) is 14.5. The van der Waals surface area contributed by atoms with Gasteiger partial charge in [0.2, 0.25) is 0 Å². The van der Waals surface area contributed by atoms with Crippen molar-refractivity contribution in [3.05, 3.63) is 54.0 Å². The third kappa shape index (κ3) is 3.20. The maximum Gasteiger partial charge on any atom is 0.0897 e. The van der Waals surface area contributed by atoms with E-state index in [1.165, 1.54) is 5.56 Å². The molecule has 0 radical (unpaired) electrons. The second kappa shape index (κ2) is 6.78. The average molecular weight is 338 g/mol. The van der Waals surface area contributed by atoms with Gasteiger partial charge in [0.1, 0.15) is 0 Å². The first-order valence-electron chi connectivity index (χ1n) is 8.43. The first-order chi connectivity index (χ1) is 12.2. The molecule has 3 heterocycles. The Hall–Kier alpha value is -2.51. The summed E-state index contributed by atoms with van der Waals surface area (Å²) in [7, 11) is 3.66. The minimum Gasteiger partial charge on any atom is -0.379 e. The number of nitrogens with zero attached hydrogens (tertiary/aromatic N) is 5. The molecular weight excluding hydrogens is 316 g/mol. The molecule has 7 nitrogen and oxygen atoms in total. The van der Waals surface area contributed by atoms with E-state index < -0.39 is 0 Å². The van der Waals surface area contributed by atoms with Gasteiger partial charge in [0.25, 0.3) is 0 Å². The maximum atomic E-state index is 5.71. The molecule has 1 aliphatic heterocycles. The second-order valence-electron chi connectivity index (χ2n) is 6.53. The monoisotopic (exact) mass is 338 g/mol. The van der Waals surface area contributed by atoms with Crippen LogP contribution < -0.4 is 0 Å². The summed E-state index contributed by atoms with van der Waals surface area (Å²) in [4.78, 5) is 2.39. The summed E-state index contributed by atoms with van der Waals surface area (Å²) in [5.74, 6) is 0.241. The fourth-order valence-electron chi connectivity index (χ4n) is 3.57. The molecule has 1 saturated heterocycles. The van der Waals surface area contributed by atoms with Crippen molar-refractivity contribution in [2.45, 2.75) is 18.6 Å². The van der Waals surface area contributed by atoms with Crippen molar-refractivity contribution < 1.29 is 4.74 Å². The van der Waals surface area contributed by atoms with E-state index in [2.05, 4.69) is 37.5 Å². The number of nitrogens with one attached hydrogen (secondary N) is 1. The van der Waals surface area contributed by atoms with Gasteiger partial charge in [-0.1, -0.05) is 35.5 Å². The van der Waals surface area contributed by atoms with Crippen LogP contribution in [0.2, 0.25) is 0 Å². The van der Waals surface area contributed by atoms with Crippen LogP contribution in [0.4, 0.5) is 0 Å². The van der Waals surface area contributed by atoms with Crippen LogP contribution >= 0.6 is 0 Å². The number of ether oxygens (including phenoxy) is 1. The molecule has 0 saturated carbocycles. The summed E-state index contributed by atoms with van der Waals surface area (Å²) in [6.45, 7) is 2.60. The van der Waals surface area contributed by atoms with Crippen LogP contribution in [0.25, 0.3) is 11.3 Å². The quantitative estimate of drug-likeness (QED) is 0.768. The molecule has 1 fully saturated rings. The number of hydrogen-bond donors (Lipinski definition) is 1. The lowest BCUT2D eigenvalue weighted by atomic mass is 10.0. The van der Waals surface area contributed by atoms with Crippen molar-refractivity contribution in [2.75, 3.05) is 20.2 Å². The van der Waals surface area contributed by atoms with Crippen LogP contribution in [0, 0.1) is 0 Å². The molecule has 0 unspecified atom stereocenters. The molecule has 0 aliphatic carbocycles. The summed E-state index contributed by atoms with van der Waals surface area (Å²) in [6, 6.07) is 10.3. The summed E-state index contributed by atoms with van der Waals surface area (Å²) < 4.78 is 7.45. The lowest BCUT2D eigenvalue weighted by molar-refractivity contribution is 0.0957. The minimum absolute atomic E-state index is 0.128. The van der Waals surface area contributed by atoms with Crippen LogP contribution in [0.1, 0.15) is 17.2 Å². The molecule has 0 spiro atoms. The van der Waals surface area contributed by atoms with Crippen LogP contribution in [0.3, 0.4) is 0 Å². The highest BCUT2D eigenvalue weighted by Gasteiger charge is 2.36. The van der Waals surface area contributed by atoms with Gasteiger partial charge in [-0.15, -0.1) is 5.10 Å². The Morgan fingerprint density at radius 1 is 1.24 bits per heavy atom. The van der Waals surface area contributed by atoms with Crippen LogP contribution in [0.5, 0.6) is 0 Å². The Morgan fingerprint density at radius 3 is 2.80 bits per heavy atom. The number of benzene rings is 1. The van der Waals surface area contributed by atoms with Crippen LogP contribution in [-0.2, 0) is 18.3 Å². The molecule has 1 aliphatic rings. The molecule has 2 atom stereocenters. The molecule has 1 aromatic carbocycles. The highest BCUT2D eigenvalue weighted by molar-refractivity contribution is 5.62. The minimum atomic E-state index is 0.128. The molecule has 130 valence electrons. The van der Waals surface area contributed by atoms with Gasteiger partial charge in [-0.05, 0) is 5.56 Å². The summed E-state index contributed by atoms with van der Waals surface area (Å²) in [6.07, 6.45) is 4.02. The number of hydrogen-bond acceptors (Lipinski definition) is 5. The van der Waals surface area contributed by atoms with Crippen molar-refractivity contribution in [1.29, 1.82) is 0 Å². The Morgan fingerprint density at radius 2 is 2.08 bits per heavy atom. The van der Waals surface area contributed by atoms with E-state index in [1.807, 2.05) is 37.6 Å². The predicted octanol–water partition coefficient (Wildman–Crippen LogP) is 1.82. The van der Waals surface area contributed by atoms with E-state index in [0.29, 0.717) is 0 Å². The lowest BCUT2D eigenvalue weighted by Crippen LogP contribution is -2.22. The first-order valence-corrected chi connectivity index (χ1v) is 8.43. The molecule has 4 rings (SSSR count). The lowest BCUT2D eigenvalue weighted by Gasteiger charge is -2.15. The van der Waals surface area contributed by atoms with Crippen molar-refractivity contribution in [3.8, 4) is 11.3 Å². The Labute approximate surface area is 146 Å². The number of rotatable bonds is 5. The van der Waals surface area contributed by atoms with Gasteiger partial charge < -0.3 is 4.74 Å². The molecular formula is C18H22N6O. The normalized spacial score (nSPS) is 21.0. The topological polar surface area (TPSA) is 71.9 Å². The largest absolute Gasteiger partial charge is 0.379 e. The van der Waals surface area contributed by atoms with Gasteiger partial charge in [-0.3, -0.25) is 14.7 Å². The zero-order chi connectivity index (χ0) is 17.2. The summed E-state index contributed by atoms with van der Waals surface area (Å²) in [5.41, 5.74) is 4.42. The third-order valence-corrected chi connectivity index (χ3v) is 4.82. The van der Waals surface area contributed by atoms with E-state index in [9.17, 15) is 0 Å². The van der Waals surface area contributed by atoms with Gasteiger partial charge in [-0.2, -0.15) is 5.10 Å². The van der Waals surface area contributed by atoms with Crippen molar-refractivity contribution in [3.63, 3.8) is 0 Å². The van der Waals surface area contributed by atoms with Gasteiger partial charge >= 0.3 is 0 Å². The molecule has 7 heteroatoms. The smallest absolute Gasteiger partial charge is 0.0897 e.